The molecule has 0 fully saturated rings. The Morgan fingerprint density at radius 1 is 1.67 bits per heavy atom. The number of para-hydroxylation sites is 1. The van der Waals surface area contributed by atoms with E-state index < -0.39 is 5.82 Å². The summed E-state index contributed by atoms with van der Waals surface area (Å²) in [6.07, 6.45) is 1.59. The summed E-state index contributed by atoms with van der Waals surface area (Å²) in [6, 6.07) is 4.18. The summed E-state index contributed by atoms with van der Waals surface area (Å²) >= 11 is 0. The van der Waals surface area contributed by atoms with Crippen LogP contribution < -0.4 is 5.73 Å². The molecule has 1 rings (SSSR count). The highest BCUT2D eigenvalue weighted by atomic mass is 19.1. The molecule has 2 N–H and O–H groups in total. The van der Waals surface area contributed by atoms with Crippen molar-refractivity contribution in [3.05, 3.63) is 42.2 Å². The van der Waals surface area contributed by atoms with E-state index in [0.29, 0.717) is 6.54 Å². The van der Waals surface area contributed by atoms with Crippen molar-refractivity contribution in [3.63, 3.8) is 0 Å². The highest BCUT2D eigenvalue weighted by Gasteiger charge is 2.15. The van der Waals surface area contributed by atoms with Crippen LogP contribution in [0.5, 0.6) is 0 Å². The van der Waals surface area contributed by atoms with Gasteiger partial charge in [-0.3, -0.25) is 4.79 Å². The molecule has 0 radical (unpaired) electrons. The predicted molar refractivity (Wildman–Crippen MR) is 58.0 cm³/mol. The maximum atomic E-state index is 13.1. The molecule has 4 heteroatoms. The molecule has 0 aliphatic heterocycles. The average molecular weight is 208 g/mol. The number of hydrogen-bond donors (Lipinski definition) is 1. The Hall–Kier alpha value is -1.84. The first-order chi connectivity index (χ1) is 7.07. The van der Waals surface area contributed by atoms with Crippen LogP contribution in [0.15, 0.2) is 30.9 Å². The molecule has 0 saturated carbocycles. The van der Waals surface area contributed by atoms with Gasteiger partial charge >= 0.3 is 0 Å². The molecule has 0 aliphatic rings. The summed E-state index contributed by atoms with van der Waals surface area (Å²) in [4.78, 5) is 13.2. The zero-order chi connectivity index (χ0) is 11.4. The zero-order valence-corrected chi connectivity index (χ0v) is 8.53. The molecule has 1 amide bonds. The number of anilines is 1. The van der Waals surface area contributed by atoms with E-state index in [-0.39, 0.29) is 17.2 Å². The molecular formula is C11H13FN2O. The summed E-state index contributed by atoms with van der Waals surface area (Å²) in [6.45, 7) is 3.92. The van der Waals surface area contributed by atoms with E-state index >= 15 is 0 Å². The monoisotopic (exact) mass is 208 g/mol. The highest BCUT2D eigenvalue weighted by molar-refractivity contribution is 5.99. The van der Waals surface area contributed by atoms with Gasteiger partial charge < -0.3 is 10.6 Å². The quantitative estimate of drug-likeness (QED) is 0.606. The second-order valence-electron chi connectivity index (χ2n) is 3.18. The van der Waals surface area contributed by atoms with E-state index in [9.17, 15) is 9.18 Å². The molecule has 0 heterocycles. The second kappa shape index (κ2) is 4.59. The molecule has 0 bridgehead atoms. The van der Waals surface area contributed by atoms with E-state index in [2.05, 4.69) is 6.58 Å². The maximum absolute atomic E-state index is 13.1. The van der Waals surface area contributed by atoms with Crippen LogP contribution in [-0.4, -0.2) is 24.4 Å². The van der Waals surface area contributed by atoms with Crippen LogP contribution in [0.4, 0.5) is 10.1 Å². The lowest BCUT2D eigenvalue weighted by atomic mass is 10.1. The first-order valence-corrected chi connectivity index (χ1v) is 4.48. The second-order valence-corrected chi connectivity index (χ2v) is 3.18. The fourth-order valence-corrected chi connectivity index (χ4v) is 1.21. The molecule has 1 aromatic rings. The first-order valence-electron chi connectivity index (χ1n) is 4.48. The number of rotatable bonds is 3. The topological polar surface area (TPSA) is 46.3 Å². The number of hydrogen-bond acceptors (Lipinski definition) is 2. The zero-order valence-electron chi connectivity index (χ0n) is 8.53. The summed E-state index contributed by atoms with van der Waals surface area (Å²) in [5.74, 6) is -0.889. The Labute approximate surface area is 88.0 Å². The highest BCUT2D eigenvalue weighted by Crippen LogP contribution is 2.17. The molecule has 1 aromatic carbocycles. The van der Waals surface area contributed by atoms with Crippen LogP contribution in [-0.2, 0) is 0 Å². The van der Waals surface area contributed by atoms with Crippen molar-refractivity contribution < 1.29 is 9.18 Å². The van der Waals surface area contributed by atoms with Crippen molar-refractivity contribution in [2.75, 3.05) is 19.3 Å². The Balaban J connectivity index is 3.01. The van der Waals surface area contributed by atoms with E-state index in [1.165, 1.54) is 23.1 Å². The van der Waals surface area contributed by atoms with E-state index in [4.69, 9.17) is 5.73 Å². The van der Waals surface area contributed by atoms with Crippen molar-refractivity contribution in [1.29, 1.82) is 0 Å². The van der Waals surface area contributed by atoms with Crippen LogP contribution >= 0.6 is 0 Å². The number of likely N-dealkylation sites (N-methyl/N-ethyl adjacent to an activating group) is 1. The van der Waals surface area contributed by atoms with Crippen LogP contribution in [0, 0.1) is 5.82 Å². The number of carbonyl (C=O) groups excluding carboxylic acids is 1. The number of halogens is 1. The van der Waals surface area contributed by atoms with Gasteiger partial charge in [0.05, 0.1) is 11.3 Å². The Bertz CT molecular complexity index is 390. The third-order valence-electron chi connectivity index (χ3n) is 2.03. The standard InChI is InChI=1S/C11H13FN2O/c1-3-7-14(2)11(15)8-5-4-6-9(12)10(8)13/h3-6H,1,7,13H2,2H3. The summed E-state index contributed by atoms with van der Waals surface area (Å²) in [7, 11) is 1.61. The van der Waals surface area contributed by atoms with Crippen LogP contribution in [0.3, 0.4) is 0 Å². The minimum Gasteiger partial charge on any atom is -0.396 e. The largest absolute Gasteiger partial charge is 0.396 e. The predicted octanol–water partition coefficient (Wildman–Crippen LogP) is 1.67. The van der Waals surface area contributed by atoms with Gasteiger partial charge in [0.1, 0.15) is 5.82 Å². The molecule has 0 aliphatic carbocycles. The van der Waals surface area contributed by atoms with E-state index in [1.807, 2.05) is 0 Å². The lowest BCUT2D eigenvalue weighted by Gasteiger charge is -2.16. The van der Waals surface area contributed by atoms with Crippen molar-refractivity contribution in [2.45, 2.75) is 0 Å². The molecule has 0 aromatic heterocycles. The van der Waals surface area contributed by atoms with Gasteiger partial charge in [-0.25, -0.2) is 4.39 Å². The van der Waals surface area contributed by atoms with Crippen LogP contribution in [0.1, 0.15) is 10.4 Å². The molecule has 80 valence electrons. The Morgan fingerprint density at radius 3 is 2.93 bits per heavy atom. The fourth-order valence-electron chi connectivity index (χ4n) is 1.21. The lowest BCUT2D eigenvalue weighted by Crippen LogP contribution is -2.27. The van der Waals surface area contributed by atoms with Crippen molar-refractivity contribution in [1.82, 2.24) is 4.90 Å². The van der Waals surface area contributed by atoms with Crippen molar-refractivity contribution >= 4 is 11.6 Å². The summed E-state index contributed by atoms with van der Waals surface area (Å²) in [5, 5.41) is 0. The first kappa shape index (κ1) is 11.2. The van der Waals surface area contributed by atoms with E-state index in [0.717, 1.165) is 0 Å². The molecule has 0 spiro atoms. The molecular weight excluding hydrogens is 195 g/mol. The molecule has 0 atom stereocenters. The maximum Gasteiger partial charge on any atom is 0.256 e. The SMILES string of the molecule is C=CCN(C)C(=O)c1cccc(F)c1N. The van der Waals surface area contributed by atoms with Gasteiger partial charge in [-0.1, -0.05) is 12.1 Å². The molecule has 15 heavy (non-hydrogen) atoms. The normalized spacial score (nSPS) is 9.73. The Kier molecular flexibility index (Phi) is 3.44. The summed E-state index contributed by atoms with van der Waals surface area (Å²) < 4.78 is 13.1. The van der Waals surface area contributed by atoms with Gasteiger partial charge in [-0.2, -0.15) is 0 Å². The number of amides is 1. The number of nitrogen functional groups attached to an aromatic ring is 1. The third-order valence-corrected chi connectivity index (χ3v) is 2.03. The third kappa shape index (κ3) is 2.34. The molecule has 0 unspecified atom stereocenters. The van der Waals surface area contributed by atoms with Gasteiger partial charge in [-0.05, 0) is 12.1 Å². The molecule has 3 nitrogen and oxygen atoms in total. The number of benzene rings is 1. The number of nitrogens with two attached hydrogens (primary N) is 1. The average Bonchev–Trinajstić information content (AvgIpc) is 2.21. The van der Waals surface area contributed by atoms with Gasteiger partial charge in [0.25, 0.3) is 5.91 Å². The smallest absolute Gasteiger partial charge is 0.256 e. The van der Waals surface area contributed by atoms with Crippen LogP contribution in [0.2, 0.25) is 0 Å². The van der Waals surface area contributed by atoms with Gasteiger partial charge in [-0.15, -0.1) is 6.58 Å². The number of carbonyl (C=O) groups is 1. The number of nitrogens with zero attached hydrogens (tertiary/aromatic N) is 1. The van der Waals surface area contributed by atoms with Gasteiger partial charge in [0, 0.05) is 13.6 Å². The van der Waals surface area contributed by atoms with Crippen molar-refractivity contribution in [2.24, 2.45) is 0 Å². The fraction of sp³-hybridized carbons (Fsp3) is 0.182. The van der Waals surface area contributed by atoms with E-state index in [1.54, 1.807) is 13.1 Å². The molecule has 0 saturated heterocycles. The van der Waals surface area contributed by atoms with Gasteiger partial charge in [0.15, 0.2) is 0 Å². The van der Waals surface area contributed by atoms with Crippen LogP contribution in [0.25, 0.3) is 0 Å². The van der Waals surface area contributed by atoms with Gasteiger partial charge in [0.2, 0.25) is 0 Å². The van der Waals surface area contributed by atoms with Crippen molar-refractivity contribution in [3.8, 4) is 0 Å². The lowest BCUT2D eigenvalue weighted by molar-refractivity contribution is 0.0811. The summed E-state index contributed by atoms with van der Waals surface area (Å²) in [5.41, 5.74) is 5.54. The minimum atomic E-state index is -0.576. The Morgan fingerprint density at radius 2 is 2.33 bits per heavy atom. The minimum absolute atomic E-state index is 0.113.